The van der Waals surface area contributed by atoms with Crippen LogP contribution < -0.4 is 15.4 Å². The van der Waals surface area contributed by atoms with Gasteiger partial charge in [-0.1, -0.05) is 0 Å². The zero-order valence-electron chi connectivity index (χ0n) is 10.9. The number of sulfone groups is 1. The lowest BCUT2D eigenvalue weighted by Gasteiger charge is -2.16. The van der Waals surface area contributed by atoms with E-state index in [1.54, 1.807) is 14.0 Å². The minimum Gasteiger partial charge on any atom is -0.490 e. The van der Waals surface area contributed by atoms with E-state index in [1.165, 1.54) is 19.7 Å². The second-order valence-electron chi connectivity index (χ2n) is 3.99. The van der Waals surface area contributed by atoms with Crippen molar-refractivity contribution in [2.75, 3.05) is 36.8 Å². The summed E-state index contributed by atoms with van der Waals surface area (Å²) in [4.78, 5) is 8.05. The van der Waals surface area contributed by atoms with Crippen molar-refractivity contribution in [2.45, 2.75) is 13.0 Å². The normalized spacial score (nSPS) is 12.9. The molecule has 1 rings (SSSR count). The fourth-order valence-electron chi connectivity index (χ4n) is 1.58. The van der Waals surface area contributed by atoms with Crippen molar-refractivity contribution in [1.82, 2.24) is 9.97 Å². The molecule has 0 aliphatic carbocycles. The molecule has 0 aliphatic rings. The quantitative estimate of drug-likeness (QED) is 0.774. The van der Waals surface area contributed by atoms with Gasteiger partial charge in [-0.2, -0.15) is 0 Å². The van der Waals surface area contributed by atoms with Crippen molar-refractivity contribution in [1.29, 1.82) is 0 Å². The van der Waals surface area contributed by atoms with Gasteiger partial charge in [0.2, 0.25) is 5.75 Å². The molecule has 0 saturated heterocycles. The van der Waals surface area contributed by atoms with E-state index in [1.807, 2.05) is 0 Å². The van der Waals surface area contributed by atoms with E-state index >= 15 is 0 Å². The van der Waals surface area contributed by atoms with Crippen LogP contribution >= 0.6 is 0 Å². The van der Waals surface area contributed by atoms with Gasteiger partial charge in [-0.3, -0.25) is 0 Å². The number of hydrogen-bond donors (Lipinski definition) is 2. The van der Waals surface area contributed by atoms with Gasteiger partial charge in [-0.15, -0.1) is 0 Å². The Balaban J connectivity index is 2.90. The first-order valence-corrected chi connectivity index (χ1v) is 7.44. The third-order valence-corrected chi connectivity index (χ3v) is 3.29. The van der Waals surface area contributed by atoms with Crippen LogP contribution in [0.2, 0.25) is 0 Å². The molecule has 0 aliphatic heterocycles. The SMILES string of the molecule is CNc1ncnc(NC(C)CS(C)(=O)=O)c1OC. The van der Waals surface area contributed by atoms with Gasteiger partial charge in [0.05, 0.1) is 12.9 Å². The highest BCUT2D eigenvalue weighted by molar-refractivity contribution is 7.90. The number of ether oxygens (including phenoxy) is 1. The van der Waals surface area contributed by atoms with Gasteiger partial charge >= 0.3 is 0 Å². The Morgan fingerprint density at radius 3 is 2.50 bits per heavy atom. The predicted octanol–water partition coefficient (Wildman–Crippen LogP) is 0.372. The molecule has 0 bridgehead atoms. The van der Waals surface area contributed by atoms with E-state index < -0.39 is 9.84 Å². The summed E-state index contributed by atoms with van der Waals surface area (Å²) in [6.07, 6.45) is 2.57. The van der Waals surface area contributed by atoms with E-state index in [0.29, 0.717) is 17.4 Å². The number of nitrogens with one attached hydrogen (secondary N) is 2. The van der Waals surface area contributed by atoms with Crippen LogP contribution in [0.4, 0.5) is 11.6 Å². The number of nitrogens with zero attached hydrogens (tertiary/aromatic N) is 2. The summed E-state index contributed by atoms with van der Waals surface area (Å²) in [6, 6.07) is -0.270. The van der Waals surface area contributed by atoms with Crippen LogP contribution in [0.3, 0.4) is 0 Å². The molecular formula is C10H18N4O3S. The first kappa shape index (κ1) is 14.5. The van der Waals surface area contributed by atoms with Crippen LogP contribution in [0.15, 0.2) is 6.33 Å². The van der Waals surface area contributed by atoms with Crippen LogP contribution in [-0.4, -0.2) is 50.6 Å². The molecule has 1 unspecified atom stereocenters. The smallest absolute Gasteiger partial charge is 0.204 e. The van der Waals surface area contributed by atoms with Gasteiger partial charge in [-0.05, 0) is 6.92 Å². The zero-order chi connectivity index (χ0) is 13.8. The van der Waals surface area contributed by atoms with E-state index in [2.05, 4.69) is 20.6 Å². The maximum absolute atomic E-state index is 11.2. The highest BCUT2D eigenvalue weighted by Crippen LogP contribution is 2.28. The van der Waals surface area contributed by atoms with Crippen molar-refractivity contribution in [3.8, 4) is 5.75 Å². The average molecular weight is 274 g/mol. The molecule has 1 atom stereocenters. The number of aromatic nitrogens is 2. The summed E-state index contributed by atoms with van der Waals surface area (Å²) in [5.74, 6) is 1.49. The Kier molecular flexibility index (Phi) is 4.71. The van der Waals surface area contributed by atoms with Crippen LogP contribution in [0.25, 0.3) is 0 Å². The predicted molar refractivity (Wildman–Crippen MR) is 70.9 cm³/mol. The Bertz CT molecular complexity index is 504. The van der Waals surface area contributed by atoms with Gasteiger partial charge in [0.1, 0.15) is 16.2 Å². The van der Waals surface area contributed by atoms with Crippen molar-refractivity contribution < 1.29 is 13.2 Å². The van der Waals surface area contributed by atoms with E-state index in [4.69, 9.17) is 4.74 Å². The third-order valence-electron chi connectivity index (χ3n) is 2.18. The van der Waals surface area contributed by atoms with Crippen molar-refractivity contribution in [3.05, 3.63) is 6.33 Å². The number of anilines is 2. The highest BCUT2D eigenvalue weighted by Gasteiger charge is 2.15. The molecule has 8 heteroatoms. The van der Waals surface area contributed by atoms with Gasteiger partial charge in [0.15, 0.2) is 11.6 Å². The van der Waals surface area contributed by atoms with Gasteiger partial charge in [0, 0.05) is 19.3 Å². The highest BCUT2D eigenvalue weighted by atomic mass is 32.2. The lowest BCUT2D eigenvalue weighted by Crippen LogP contribution is -2.25. The molecule has 1 heterocycles. The van der Waals surface area contributed by atoms with E-state index in [0.717, 1.165) is 0 Å². The molecule has 102 valence electrons. The van der Waals surface area contributed by atoms with E-state index in [9.17, 15) is 8.42 Å². The standard InChI is InChI=1S/C10H18N4O3S/c1-7(5-18(4,15)16)14-10-8(17-3)9(11-2)12-6-13-10/h6-7H,5H2,1-4H3,(H2,11,12,13,14). The molecule has 18 heavy (non-hydrogen) atoms. The Hall–Kier alpha value is -1.57. The molecule has 7 nitrogen and oxygen atoms in total. The Morgan fingerprint density at radius 1 is 1.39 bits per heavy atom. The fraction of sp³-hybridized carbons (Fsp3) is 0.600. The minimum atomic E-state index is -3.04. The van der Waals surface area contributed by atoms with Crippen LogP contribution in [0, 0.1) is 0 Å². The van der Waals surface area contributed by atoms with E-state index in [-0.39, 0.29) is 11.8 Å². The summed E-state index contributed by atoms with van der Waals surface area (Å²) in [5, 5.41) is 5.87. The molecule has 1 aromatic rings. The molecule has 0 fully saturated rings. The minimum absolute atomic E-state index is 0.0229. The lowest BCUT2D eigenvalue weighted by atomic mass is 10.3. The van der Waals surface area contributed by atoms with Gasteiger partial charge in [0.25, 0.3) is 0 Å². The topological polar surface area (TPSA) is 93.2 Å². The molecular weight excluding hydrogens is 256 g/mol. The molecule has 0 radical (unpaired) electrons. The molecule has 0 amide bonds. The monoisotopic (exact) mass is 274 g/mol. The second-order valence-corrected chi connectivity index (χ2v) is 6.18. The van der Waals surface area contributed by atoms with Crippen molar-refractivity contribution in [2.24, 2.45) is 0 Å². The van der Waals surface area contributed by atoms with Crippen LogP contribution in [-0.2, 0) is 9.84 Å². The maximum Gasteiger partial charge on any atom is 0.204 e. The molecule has 0 aromatic carbocycles. The number of hydrogen-bond acceptors (Lipinski definition) is 7. The van der Waals surface area contributed by atoms with Crippen LogP contribution in [0.5, 0.6) is 5.75 Å². The zero-order valence-corrected chi connectivity index (χ0v) is 11.7. The second kappa shape index (κ2) is 5.85. The molecule has 0 spiro atoms. The number of methoxy groups -OCH3 is 1. The molecule has 0 saturated carbocycles. The van der Waals surface area contributed by atoms with Gasteiger partial charge in [-0.25, -0.2) is 18.4 Å². The van der Waals surface area contributed by atoms with Crippen molar-refractivity contribution in [3.63, 3.8) is 0 Å². The average Bonchev–Trinajstić information content (AvgIpc) is 2.25. The molecule has 1 aromatic heterocycles. The summed E-state index contributed by atoms with van der Waals surface area (Å²) >= 11 is 0. The maximum atomic E-state index is 11.2. The fourth-order valence-corrected chi connectivity index (χ4v) is 2.57. The summed E-state index contributed by atoms with van der Waals surface area (Å²) in [6.45, 7) is 1.77. The van der Waals surface area contributed by atoms with Crippen molar-refractivity contribution >= 4 is 21.5 Å². The largest absolute Gasteiger partial charge is 0.490 e. The lowest BCUT2D eigenvalue weighted by molar-refractivity contribution is 0.414. The number of rotatable bonds is 6. The third kappa shape index (κ3) is 4.02. The first-order valence-electron chi connectivity index (χ1n) is 5.38. The van der Waals surface area contributed by atoms with Gasteiger partial charge < -0.3 is 15.4 Å². The summed E-state index contributed by atoms with van der Waals surface area (Å²) in [7, 11) is 0.182. The molecule has 2 N–H and O–H groups in total. The Morgan fingerprint density at radius 2 is 2.00 bits per heavy atom. The first-order chi connectivity index (χ1) is 8.37. The Labute approximate surface area is 107 Å². The summed E-state index contributed by atoms with van der Waals surface area (Å²) < 4.78 is 27.6. The summed E-state index contributed by atoms with van der Waals surface area (Å²) in [5.41, 5.74) is 0. The van der Waals surface area contributed by atoms with Crippen LogP contribution in [0.1, 0.15) is 6.92 Å².